The van der Waals surface area contributed by atoms with Crippen LogP contribution >= 0.6 is 15.9 Å². The minimum Gasteiger partial charge on any atom is -0.295 e. The second kappa shape index (κ2) is 7.02. The van der Waals surface area contributed by atoms with Crippen LogP contribution in [0.25, 0.3) is 6.08 Å². The van der Waals surface area contributed by atoms with E-state index in [1.165, 1.54) is 0 Å². The van der Waals surface area contributed by atoms with E-state index < -0.39 is 6.04 Å². The molecule has 1 heterocycles. The maximum Gasteiger partial charge on any atom is 0.216 e. The number of carbonyl (C=O) groups excluding carboxylic acids is 2. The molecule has 3 nitrogen and oxygen atoms in total. The lowest BCUT2D eigenvalue weighted by molar-refractivity contribution is -0.133. The SMILES string of the molecule is O=CC(=O)C1c2ccccc2CN1Cc1ccc(C=CBr)cc1. The molecule has 0 radical (unpaired) electrons. The standard InChI is InChI=1S/C19H16BrNO2/c20-10-9-14-5-7-15(8-6-14)11-21-12-16-3-1-2-4-17(16)19(21)18(23)13-22/h1-10,13,19H,11-12H2. The van der Waals surface area contributed by atoms with E-state index in [0.29, 0.717) is 19.4 Å². The summed E-state index contributed by atoms with van der Waals surface area (Å²) in [4.78, 5) is 27.0. The average Bonchev–Trinajstić information content (AvgIpc) is 2.94. The molecule has 0 saturated heterocycles. The summed E-state index contributed by atoms with van der Waals surface area (Å²) in [5.41, 5.74) is 4.29. The van der Waals surface area contributed by atoms with Gasteiger partial charge in [-0.25, -0.2) is 0 Å². The molecule has 0 amide bonds. The van der Waals surface area contributed by atoms with Crippen LogP contribution in [-0.4, -0.2) is 17.0 Å². The Morgan fingerprint density at radius 1 is 1.17 bits per heavy atom. The zero-order valence-corrected chi connectivity index (χ0v) is 14.1. The van der Waals surface area contributed by atoms with Gasteiger partial charge in [0.2, 0.25) is 5.78 Å². The van der Waals surface area contributed by atoms with Crippen LogP contribution in [0.1, 0.15) is 28.3 Å². The first-order valence-electron chi connectivity index (χ1n) is 7.39. The first-order chi connectivity index (χ1) is 11.2. The second-order valence-corrected chi connectivity index (χ2v) is 6.09. The Balaban J connectivity index is 1.84. The van der Waals surface area contributed by atoms with Gasteiger partial charge in [-0.3, -0.25) is 14.5 Å². The second-order valence-electron chi connectivity index (χ2n) is 5.56. The number of fused-ring (bicyclic) bond motifs is 1. The number of halogens is 1. The molecular weight excluding hydrogens is 354 g/mol. The molecule has 1 aliphatic heterocycles. The van der Waals surface area contributed by atoms with Crippen molar-refractivity contribution in [2.24, 2.45) is 0 Å². The van der Waals surface area contributed by atoms with Crippen LogP contribution in [0.2, 0.25) is 0 Å². The molecule has 2 aromatic carbocycles. The lowest BCUT2D eigenvalue weighted by Crippen LogP contribution is -2.28. The maximum atomic E-state index is 12.1. The Hall–Kier alpha value is -2.04. The number of hydrogen-bond donors (Lipinski definition) is 0. The zero-order valence-electron chi connectivity index (χ0n) is 12.5. The summed E-state index contributed by atoms with van der Waals surface area (Å²) >= 11 is 3.26. The van der Waals surface area contributed by atoms with Gasteiger partial charge in [-0.2, -0.15) is 0 Å². The highest BCUT2D eigenvalue weighted by Gasteiger charge is 2.34. The van der Waals surface area contributed by atoms with E-state index in [1.807, 2.05) is 59.6 Å². The van der Waals surface area contributed by atoms with Crippen LogP contribution in [0.3, 0.4) is 0 Å². The van der Waals surface area contributed by atoms with Gasteiger partial charge in [-0.1, -0.05) is 64.5 Å². The highest BCUT2D eigenvalue weighted by Crippen LogP contribution is 2.35. The highest BCUT2D eigenvalue weighted by atomic mass is 79.9. The predicted molar refractivity (Wildman–Crippen MR) is 93.9 cm³/mol. The fourth-order valence-electron chi connectivity index (χ4n) is 3.04. The van der Waals surface area contributed by atoms with Gasteiger partial charge in [0.1, 0.15) is 6.04 Å². The van der Waals surface area contributed by atoms with Crippen LogP contribution in [0, 0.1) is 0 Å². The summed E-state index contributed by atoms with van der Waals surface area (Å²) in [6, 6.07) is 15.5. The van der Waals surface area contributed by atoms with Gasteiger partial charge in [-0.15, -0.1) is 0 Å². The Kier molecular flexibility index (Phi) is 4.84. The third kappa shape index (κ3) is 3.33. The van der Waals surface area contributed by atoms with E-state index in [1.54, 1.807) is 0 Å². The first-order valence-corrected chi connectivity index (χ1v) is 8.31. The number of hydrogen-bond acceptors (Lipinski definition) is 3. The third-order valence-electron chi connectivity index (χ3n) is 4.09. The van der Waals surface area contributed by atoms with Gasteiger partial charge in [-0.05, 0) is 33.3 Å². The summed E-state index contributed by atoms with van der Waals surface area (Å²) in [6.45, 7) is 1.32. The fraction of sp³-hybridized carbons (Fsp3) is 0.158. The topological polar surface area (TPSA) is 37.4 Å². The minimum absolute atomic E-state index is 0.381. The molecule has 0 aromatic heterocycles. The number of Topliss-reactive ketones (excluding diaryl/α,β-unsaturated/α-hetero) is 1. The number of aldehydes is 1. The molecule has 0 fully saturated rings. The van der Waals surface area contributed by atoms with E-state index in [4.69, 9.17) is 0 Å². The zero-order chi connectivity index (χ0) is 16.2. The molecule has 116 valence electrons. The number of ketones is 1. The quantitative estimate of drug-likeness (QED) is 0.592. The molecule has 3 rings (SSSR count). The van der Waals surface area contributed by atoms with Crippen LogP contribution < -0.4 is 0 Å². The molecule has 0 saturated carbocycles. The van der Waals surface area contributed by atoms with Gasteiger partial charge in [0.15, 0.2) is 6.29 Å². The predicted octanol–water partition coefficient (Wildman–Crippen LogP) is 3.88. The van der Waals surface area contributed by atoms with Gasteiger partial charge in [0, 0.05) is 13.1 Å². The van der Waals surface area contributed by atoms with E-state index in [-0.39, 0.29) is 5.78 Å². The lowest BCUT2D eigenvalue weighted by Gasteiger charge is -2.22. The molecule has 0 bridgehead atoms. The highest BCUT2D eigenvalue weighted by molar-refractivity contribution is 9.11. The van der Waals surface area contributed by atoms with Crippen molar-refractivity contribution in [3.8, 4) is 0 Å². The summed E-state index contributed by atoms with van der Waals surface area (Å²) < 4.78 is 0. The van der Waals surface area contributed by atoms with Crippen molar-refractivity contribution < 1.29 is 9.59 Å². The van der Waals surface area contributed by atoms with Crippen LogP contribution in [0.15, 0.2) is 53.5 Å². The molecule has 23 heavy (non-hydrogen) atoms. The van der Waals surface area contributed by atoms with Crippen molar-refractivity contribution in [1.82, 2.24) is 4.90 Å². The van der Waals surface area contributed by atoms with Gasteiger partial charge < -0.3 is 0 Å². The molecule has 0 spiro atoms. The number of carbonyl (C=O) groups is 2. The monoisotopic (exact) mass is 369 g/mol. The van der Waals surface area contributed by atoms with Crippen LogP contribution in [0.4, 0.5) is 0 Å². The molecule has 1 atom stereocenters. The summed E-state index contributed by atoms with van der Waals surface area (Å²) in [7, 11) is 0. The van der Waals surface area contributed by atoms with Crippen molar-refractivity contribution in [1.29, 1.82) is 0 Å². The Morgan fingerprint density at radius 2 is 1.91 bits per heavy atom. The van der Waals surface area contributed by atoms with Crippen molar-refractivity contribution in [3.63, 3.8) is 0 Å². The van der Waals surface area contributed by atoms with Crippen molar-refractivity contribution >= 4 is 34.1 Å². The largest absolute Gasteiger partial charge is 0.295 e. The molecular formula is C19H16BrNO2. The van der Waals surface area contributed by atoms with Gasteiger partial charge in [0.05, 0.1) is 0 Å². The van der Waals surface area contributed by atoms with E-state index >= 15 is 0 Å². The molecule has 2 aromatic rings. The van der Waals surface area contributed by atoms with Crippen molar-refractivity contribution in [2.45, 2.75) is 19.1 Å². The lowest BCUT2D eigenvalue weighted by atomic mass is 10.0. The molecule has 1 unspecified atom stereocenters. The van der Waals surface area contributed by atoms with E-state index in [2.05, 4.69) is 20.8 Å². The number of rotatable bonds is 5. The van der Waals surface area contributed by atoms with Crippen LogP contribution in [-0.2, 0) is 22.7 Å². The smallest absolute Gasteiger partial charge is 0.216 e. The van der Waals surface area contributed by atoms with Gasteiger partial charge in [0.25, 0.3) is 0 Å². The number of nitrogens with zero attached hydrogens (tertiary/aromatic N) is 1. The summed E-state index contributed by atoms with van der Waals surface area (Å²) in [6.07, 6.45) is 2.40. The Morgan fingerprint density at radius 3 is 2.61 bits per heavy atom. The van der Waals surface area contributed by atoms with Crippen molar-refractivity contribution in [2.75, 3.05) is 0 Å². The molecule has 1 aliphatic rings. The minimum atomic E-state index is -0.467. The number of benzene rings is 2. The van der Waals surface area contributed by atoms with Gasteiger partial charge >= 0.3 is 0 Å². The summed E-state index contributed by atoms with van der Waals surface area (Å²) in [5.74, 6) is -0.381. The molecule has 0 N–H and O–H groups in total. The first kappa shape index (κ1) is 15.8. The van der Waals surface area contributed by atoms with E-state index in [9.17, 15) is 9.59 Å². The Labute approximate surface area is 143 Å². The summed E-state index contributed by atoms with van der Waals surface area (Å²) in [5, 5.41) is 0. The van der Waals surface area contributed by atoms with E-state index in [0.717, 1.165) is 22.3 Å². The Bertz CT molecular complexity index is 752. The third-order valence-corrected chi connectivity index (χ3v) is 4.36. The van der Waals surface area contributed by atoms with Crippen LogP contribution in [0.5, 0.6) is 0 Å². The average molecular weight is 370 g/mol. The maximum absolute atomic E-state index is 12.1. The molecule has 4 heteroatoms. The van der Waals surface area contributed by atoms with Crippen molar-refractivity contribution in [3.05, 3.63) is 75.8 Å². The normalized spacial score (nSPS) is 17.3. The molecule has 0 aliphatic carbocycles. The fourth-order valence-corrected chi connectivity index (χ4v) is 3.34.